The van der Waals surface area contributed by atoms with Crippen LogP contribution in [0.2, 0.25) is 5.02 Å². The summed E-state index contributed by atoms with van der Waals surface area (Å²) < 4.78 is 0. The monoisotopic (exact) mass is 324 g/mol. The van der Waals surface area contributed by atoms with Crippen LogP contribution in [0.5, 0.6) is 0 Å². The largest absolute Gasteiger partial charge is 0.393 e. The lowest BCUT2D eigenvalue weighted by molar-refractivity contribution is -0.142. The number of amides is 2. The maximum absolute atomic E-state index is 12.1. The van der Waals surface area contributed by atoms with E-state index in [0.29, 0.717) is 17.3 Å². The summed E-state index contributed by atoms with van der Waals surface area (Å²) in [5.41, 5.74) is 1.25. The van der Waals surface area contributed by atoms with Crippen LogP contribution in [0.15, 0.2) is 18.2 Å². The van der Waals surface area contributed by atoms with Gasteiger partial charge in [0.05, 0.1) is 16.8 Å². The molecule has 0 heterocycles. The molecular weight excluding hydrogens is 304 g/mol. The number of hydrogen-bond donors (Lipinski definition) is 2. The lowest BCUT2D eigenvalue weighted by Crippen LogP contribution is -2.41. The van der Waals surface area contributed by atoms with Crippen molar-refractivity contribution in [2.45, 2.75) is 32.3 Å². The SMILES string of the molecule is Cc1cccc(NC(=O)C(=O)N(C)CC2CCCC2O)c1Cl. The number of aliphatic hydroxyl groups is 1. The minimum atomic E-state index is -0.720. The molecule has 5 nitrogen and oxygen atoms in total. The van der Waals surface area contributed by atoms with Crippen LogP contribution in [0.3, 0.4) is 0 Å². The molecule has 0 spiro atoms. The quantitative estimate of drug-likeness (QED) is 0.837. The first-order chi connectivity index (χ1) is 10.4. The Morgan fingerprint density at radius 3 is 2.77 bits per heavy atom. The maximum atomic E-state index is 12.1. The molecule has 1 aliphatic rings. The summed E-state index contributed by atoms with van der Waals surface area (Å²) >= 11 is 6.11. The van der Waals surface area contributed by atoms with Crippen LogP contribution in [0.25, 0.3) is 0 Å². The fourth-order valence-electron chi connectivity index (χ4n) is 2.76. The molecule has 1 aromatic rings. The van der Waals surface area contributed by atoms with Crippen molar-refractivity contribution < 1.29 is 14.7 Å². The Labute approximate surface area is 135 Å². The van der Waals surface area contributed by atoms with Gasteiger partial charge in [0.15, 0.2) is 0 Å². The molecule has 2 atom stereocenters. The first-order valence-corrected chi connectivity index (χ1v) is 7.77. The van der Waals surface area contributed by atoms with Crippen molar-refractivity contribution in [3.05, 3.63) is 28.8 Å². The highest BCUT2D eigenvalue weighted by Crippen LogP contribution is 2.27. The van der Waals surface area contributed by atoms with Gasteiger partial charge in [-0.1, -0.05) is 30.2 Å². The summed E-state index contributed by atoms with van der Waals surface area (Å²) in [6.45, 7) is 2.21. The summed E-state index contributed by atoms with van der Waals surface area (Å²) in [7, 11) is 1.57. The predicted octanol–water partition coefficient (Wildman–Crippen LogP) is 2.21. The summed E-state index contributed by atoms with van der Waals surface area (Å²) in [5, 5.41) is 12.8. The van der Waals surface area contributed by atoms with Gasteiger partial charge in [-0.05, 0) is 31.4 Å². The average Bonchev–Trinajstić information content (AvgIpc) is 2.88. The van der Waals surface area contributed by atoms with E-state index in [0.717, 1.165) is 24.8 Å². The van der Waals surface area contributed by atoms with Crippen LogP contribution in [0, 0.1) is 12.8 Å². The van der Waals surface area contributed by atoms with E-state index in [1.54, 1.807) is 19.2 Å². The molecule has 6 heteroatoms. The van der Waals surface area contributed by atoms with Crippen molar-refractivity contribution >= 4 is 29.1 Å². The zero-order valence-corrected chi connectivity index (χ0v) is 13.6. The molecule has 2 amide bonds. The summed E-state index contributed by atoms with van der Waals surface area (Å²) in [6.07, 6.45) is 2.21. The Bertz CT molecular complexity index is 577. The molecule has 2 N–H and O–H groups in total. The number of halogens is 1. The average molecular weight is 325 g/mol. The third-order valence-electron chi connectivity index (χ3n) is 4.11. The number of anilines is 1. The fraction of sp³-hybridized carbons (Fsp3) is 0.500. The highest BCUT2D eigenvalue weighted by Gasteiger charge is 2.29. The van der Waals surface area contributed by atoms with Gasteiger partial charge in [0, 0.05) is 19.5 Å². The van der Waals surface area contributed by atoms with Crippen molar-refractivity contribution in [1.29, 1.82) is 0 Å². The molecule has 1 aromatic carbocycles. The van der Waals surface area contributed by atoms with Crippen LogP contribution >= 0.6 is 11.6 Å². The number of likely N-dealkylation sites (N-methyl/N-ethyl adjacent to an activating group) is 1. The topological polar surface area (TPSA) is 69.6 Å². The molecule has 0 radical (unpaired) electrons. The number of aliphatic hydroxyl groups excluding tert-OH is 1. The van der Waals surface area contributed by atoms with Gasteiger partial charge in [0.1, 0.15) is 0 Å². The standard InChI is InChI=1S/C16H21ClN2O3/c1-10-5-3-7-12(14(10)17)18-15(21)16(22)19(2)9-11-6-4-8-13(11)20/h3,5,7,11,13,20H,4,6,8-9H2,1-2H3,(H,18,21). The number of nitrogens with one attached hydrogen (secondary N) is 1. The number of nitrogens with zero attached hydrogens (tertiary/aromatic N) is 1. The molecule has 0 bridgehead atoms. The molecule has 1 aliphatic carbocycles. The first-order valence-electron chi connectivity index (χ1n) is 7.39. The lowest BCUT2D eigenvalue weighted by Gasteiger charge is -2.22. The van der Waals surface area contributed by atoms with Crippen LogP contribution in [0.4, 0.5) is 5.69 Å². The Morgan fingerprint density at radius 2 is 2.14 bits per heavy atom. The third-order valence-corrected chi connectivity index (χ3v) is 4.61. The smallest absolute Gasteiger partial charge is 0.313 e. The molecular formula is C16H21ClN2O3. The molecule has 120 valence electrons. The third kappa shape index (κ3) is 3.78. The minimum absolute atomic E-state index is 0.0457. The molecule has 2 rings (SSSR count). The van der Waals surface area contributed by atoms with Crippen LogP contribution in [-0.4, -0.2) is 41.5 Å². The lowest BCUT2D eigenvalue weighted by atomic mass is 10.1. The van der Waals surface area contributed by atoms with E-state index >= 15 is 0 Å². The molecule has 0 aliphatic heterocycles. The van der Waals surface area contributed by atoms with E-state index in [-0.39, 0.29) is 12.0 Å². The van der Waals surface area contributed by atoms with Crippen LogP contribution < -0.4 is 5.32 Å². The number of rotatable bonds is 3. The zero-order chi connectivity index (χ0) is 16.3. The predicted molar refractivity (Wildman–Crippen MR) is 85.8 cm³/mol. The maximum Gasteiger partial charge on any atom is 0.313 e. The van der Waals surface area contributed by atoms with Crippen molar-refractivity contribution in [2.24, 2.45) is 5.92 Å². The second-order valence-corrected chi connectivity index (χ2v) is 6.21. The summed E-state index contributed by atoms with van der Waals surface area (Å²) in [5.74, 6) is -1.30. The number of carbonyl (C=O) groups excluding carboxylic acids is 2. The van der Waals surface area contributed by atoms with E-state index in [4.69, 9.17) is 11.6 Å². The highest BCUT2D eigenvalue weighted by atomic mass is 35.5. The van der Waals surface area contributed by atoms with E-state index in [2.05, 4.69) is 5.32 Å². The van der Waals surface area contributed by atoms with Crippen LogP contribution in [0.1, 0.15) is 24.8 Å². The summed E-state index contributed by atoms with van der Waals surface area (Å²) in [6, 6.07) is 5.24. The van der Waals surface area contributed by atoms with Crippen molar-refractivity contribution in [1.82, 2.24) is 4.90 Å². The van der Waals surface area contributed by atoms with Crippen molar-refractivity contribution in [3.8, 4) is 0 Å². The van der Waals surface area contributed by atoms with E-state index in [1.807, 2.05) is 13.0 Å². The second-order valence-electron chi connectivity index (χ2n) is 5.83. The summed E-state index contributed by atoms with van der Waals surface area (Å²) in [4.78, 5) is 25.5. The Kier molecular flexibility index (Phi) is 5.42. The van der Waals surface area contributed by atoms with Gasteiger partial charge >= 0.3 is 11.8 Å². The molecule has 1 fully saturated rings. The second kappa shape index (κ2) is 7.11. The van der Waals surface area contributed by atoms with Crippen LogP contribution in [-0.2, 0) is 9.59 Å². The Balaban J connectivity index is 1.96. The van der Waals surface area contributed by atoms with Gasteiger partial charge in [-0.25, -0.2) is 0 Å². The van der Waals surface area contributed by atoms with Crippen molar-refractivity contribution in [2.75, 3.05) is 18.9 Å². The van der Waals surface area contributed by atoms with Gasteiger partial charge in [0.25, 0.3) is 0 Å². The Hall–Kier alpha value is -1.59. The molecule has 0 aromatic heterocycles. The number of benzene rings is 1. The Morgan fingerprint density at radius 1 is 1.41 bits per heavy atom. The number of carbonyl (C=O) groups is 2. The van der Waals surface area contributed by atoms with E-state index < -0.39 is 11.8 Å². The van der Waals surface area contributed by atoms with Gasteiger partial charge < -0.3 is 15.3 Å². The van der Waals surface area contributed by atoms with Gasteiger partial charge in [-0.2, -0.15) is 0 Å². The number of hydrogen-bond acceptors (Lipinski definition) is 3. The highest BCUT2D eigenvalue weighted by molar-refractivity contribution is 6.41. The molecule has 22 heavy (non-hydrogen) atoms. The zero-order valence-electron chi connectivity index (χ0n) is 12.8. The molecule has 0 saturated heterocycles. The fourth-order valence-corrected chi connectivity index (χ4v) is 2.93. The minimum Gasteiger partial charge on any atom is -0.393 e. The normalized spacial score (nSPS) is 20.7. The van der Waals surface area contributed by atoms with Gasteiger partial charge in [-0.15, -0.1) is 0 Å². The number of aryl methyl sites for hydroxylation is 1. The molecule has 2 unspecified atom stereocenters. The first kappa shape index (κ1) is 16.8. The van der Waals surface area contributed by atoms with E-state index in [1.165, 1.54) is 4.90 Å². The van der Waals surface area contributed by atoms with Crippen molar-refractivity contribution in [3.63, 3.8) is 0 Å². The van der Waals surface area contributed by atoms with Gasteiger partial charge in [0.2, 0.25) is 0 Å². The molecule has 1 saturated carbocycles. The van der Waals surface area contributed by atoms with Gasteiger partial charge in [-0.3, -0.25) is 9.59 Å². The van der Waals surface area contributed by atoms with E-state index in [9.17, 15) is 14.7 Å².